The second kappa shape index (κ2) is 8.99. The summed E-state index contributed by atoms with van der Waals surface area (Å²) < 4.78 is 30.6. The van der Waals surface area contributed by atoms with E-state index in [4.69, 9.17) is 4.74 Å². The molecule has 0 saturated carbocycles. The normalized spacial score (nSPS) is 12.5. The topological polar surface area (TPSA) is 92.8 Å². The molecule has 0 fully saturated rings. The minimum atomic E-state index is -3.67. The summed E-state index contributed by atoms with van der Waals surface area (Å²) in [6.07, 6.45) is -1.02. The smallest absolute Gasteiger partial charge is 0.338 e. The van der Waals surface area contributed by atoms with Crippen molar-refractivity contribution in [3.05, 3.63) is 65.2 Å². The zero-order chi connectivity index (χ0) is 20.9. The number of hydrogen-bond acceptors (Lipinski definition) is 5. The molecule has 0 radical (unpaired) electrons. The number of nitrogens with one attached hydrogen (secondary N) is 1. The summed E-state index contributed by atoms with van der Waals surface area (Å²) in [5, 5.41) is 2.71. The molecule has 0 aliphatic carbocycles. The van der Waals surface area contributed by atoms with Gasteiger partial charge in [-0.05, 0) is 37.6 Å². The molecule has 7 nitrogen and oxygen atoms in total. The average Bonchev–Trinajstić information content (AvgIpc) is 2.67. The minimum absolute atomic E-state index is 0.0246. The Morgan fingerprint density at radius 1 is 1.11 bits per heavy atom. The highest BCUT2D eigenvalue weighted by molar-refractivity contribution is 7.89. The molecule has 0 aliphatic rings. The van der Waals surface area contributed by atoms with Crippen LogP contribution in [0.2, 0.25) is 0 Å². The van der Waals surface area contributed by atoms with Gasteiger partial charge in [-0.15, -0.1) is 0 Å². The predicted molar refractivity (Wildman–Crippen MR) is 105 cm³/mol. The van der Waals surface area contributed by atoms with Gasteiger partial charge >= 0.3 is 5.97 Å². The van der Waals surface area contributed by atoms with Gasteiger partial charge in [0.25, 0.3) is 5.91 Å². The van der Waals surface area contributed by atoms with Crippen LogP contribution in [0.1, 0.15) is 28.4 Å². The summed E-state index contributed by atoms with van der Waals surface area (Å²) in [5.74, 6) is -1.21. The number of rotatable bonds is 7. The lowest BCUT2D eigenvalue weighted by atomic mass is 10.1. The number of carbonyl (C=O) groups excluding carboxylic acids is 2. The monoisotopic (exact) mass is 404 g/mol. The number of hydrogen-bond donors (Lipinski definition) is 1. The van der Waals surface area contributed by atoms with E-state index in [2.05, 4.69) is 5.32 Å². The van der Waals surface area contributed by atoms with Crippen molar-refractivity contribution < 1.29 is 22.7 Å². The van der Waals surface area contributed by atoms with Crippen molar-refractivity contribution in [2.24, 2.45) is 0 Å². The molecule has 8 heteroatoms. The number of aryl methyl sites for hydroxylation is 1. The van der Waals surface area contributed by atoms with Crippen LogP contribution in [0.3, 0.4) is 0 Å². The van der Waals surface area contributed by atoms with Gasteiger partial charge in [-0.25, -0.2) is 17.5 Å². The van der Waals surface area contributed by atoms with Crippen LogP contribution in [0.5, 0.6) is 0 Å². The van der Waals surface area contributed by atoms with Gasteiger partial charge in [-0.2, -0.15) is 0 Å². The first kappa shape index (κ1) is 21.6. The molecule has 150 valence electrons. The van der Waals surface area contributed by atoms with E-state index >= 15 is 0 Å². The fraction of sp³-hybridized carbons (Fsp3) is 0.300. The molecule has 0 heterocycles. The third-order valence-electron chi connectivity index (χ3n) is 4.09. The third-order valence-corrected chi connectivity index (χ3v) is 5.90. The molecule has 2 rings (SSSR count). The van der Waals surface area contributed by atoms with Crippen molar-refractivity contribution in [1.82, 2.24) is 9.62 Å². The number of amides is 1. The van der Waals surface area contributed by atoms with Crippen molar-refractivity contribution >= 4 is 21.9 Å². The molecule has 2 aromatic carbocycles. The van der Waals surface area contributed by atoms with E-state index in [0.717, 1.165) is 15.4 Å². The summed E-state index contributed by atoms with van der Waals surface area (Å²) in [5.41, 5.74) is 2.11. The van der Waals surface area contributed by atoms with Gasteiger partial charge in [-0.3, -0.25) is 4.79 Å². The Hall–Kier alpha value is -2.71. The quantitative estimate of drug-likeness (QED) is 0.714. The Labute approximate surface area is 165 Å². The van der Waals surface area contributed by atoms with E-state index in [1.807, 2.05) is 31.2 Å². The molecule has 28 heavy (non-hydrogen) atoms. The molecular formula is C20H24N2O5S. The van der Waals surface area contributed by atoms with Gasteiger partial charge in [0.1, 0.15) is 0 Å². The predicted octanol–water partition coefficient (Wildman–Crippen LogP) is 2.11. The van der Waals surface area contributed by atoms with E-state index in [0.29, 0.717) is 6.54 Å². The van der Waals surface area contributed by atoms with Crippen LogP contribution < -0.4 is 5.32 Å². The number of benzene rings is 2. The molecule has 0 aromatic heterocycles. The van der Waals surface area contributed by atoms with Crippen LogP contribution >= 0.6 is 0 Å². The highest BCUT2D eigenvalue weighted by Crippen LogP contribution is 2.16. The van der Waals surface area contributed by atoms with Gasteiger partial charge < -0.3 is 10.1 Å². The molecule has 0 bridgehead atoms. The number of nitrogens with zero attached hydrogens (tertiary/aromatic N) is 1. The zero-order valence-electron chi connectivity index (χ0n) is 16.3. The third kappa shape index (κ3) is 5.40. The summed E-state index contributed by atoms with van der Waals surface area (Å²) in [6, 6.07) is 13.2. The Balaban J connectivity index is 1.99. The maximum absolute atomic E-state index is 12.3. The van der Waals surface area contributed by atoms with Crippen molar-refractivity contribution in [3.63, 3.8) is 0 Å². The van der Waals surface area contributed by atoms with Crippen molar-refractivity contribution in [3.8, 4) is 0 Å². The van der Waals surface area contributed by atoms with Gasteiger partial charge in [0, 0.05) is 20.6 Å². The maximum atomic E-state index is 12.3. The Morgan fingerprint density at radius 2 is 1.75 bits per heavy atom. The molecule has 0 spiro atoms. The number of sulfonamides is 1. The van der Waals surface area contributed by atoms with Crippen LogP contribution in [-0.4, -0.2) is 44.8 Å². The van der Waals surface area contributed by atoms with Gasteiger partial charge in [0.05, 0.1) is 10.5 Å². The zero-order valence-corrected chi connectivity index (χ0v) is 17.1. The van der Waals surface area contributed by atoms with E-state index in [1.165, 1.54) is 45.3 Å². The standard InChI is InChI=1S/C20H24N2O5S/c1-14-8-10-16(11-9-14)13-21-19(23)15(2)27-20(24)17-6-5-7-18(12-17)28(25,26)22(3)4/h5-12,15H,13H2,1-4H3,(H,21,23). The Morgan fingerprint density at radius 3 is 2.36 bits per heavy atom. The molecule has 2 aromatic rings. The second-order valence-electron chi connectivity index (χ2n) is 6.57. The number of carbonyl (C=O) groups is 2. The first-order chi connectivity index (χ1) is 13.1. The lowest BCUT2D eigenvalue weighted by molar-refractivity contribution is -0.129. The highest BCUT2D eigenvalue weighted by atomic mass is 32.2. The fourth-order valence-corrected chi connectivity index (χ4v) is 3.26. The molecule has 1 atom stereocenters. The van der Waals surface area contributed by atoms with E-state index in [-0.39, 0.29) is 10.5 Å². The van der Waals surface area contributed by atoms with Crippen LogP contribution in [0, 0.1) is 6.92 Å². The van der Waals surface area contributed by atoms with E-state index in [1.54, 1.807) is 0 Å². The Kier molecular flexibility index (Phi) is 6.93. The lowest BCUT2D eigenvalue weighted by Gasteiger charge is -2.15. The average molecular weight is 404 g/mol. The van der Waals surface area contributed by atoms with Gasteiger partial charge in [0.15, 0.2) is 6.10 Å². The molecule has 1 amide bonds. The van der Waals surface area contributed by atoms with E-state index < -0.39 is 28.0 Å². The van der Waals surface area contributed by atoms with Crippen molar-refractivity contribution in [1.29, 1.82) is 0 Å². The summed E-state index contributed by atoms with van der Waals surface area (Å²) in [4.78, 5) is 24.5. The highest BCUT2D eigenvalue weighted by Gasteiger charge is 2.22. The minimum Gasteiger partial charge on any atom is -0.449 e. The fourth-order valence-electron chi connectivity index (χ4n) is 2.32. The van der Waals surface area contributed by atoms with Crippen molar-refractivity contribution in [2.75, 3.05) is 14.1 Å². The maximum Gasteiger partial charge on any atom is 0.338 e. The van der Waals surface area contributed by atoms with Crippen LogP contribution in [0.25, 0.3) is 0 Å². The largest absolute Gasteiger partial charge is 0.449 e. The van der Waals surface area contributed by atoms with Crippen LogP contribution in [-0.2, 0) is 26.1 Å². The molecule has 0 saturated heterocycles. The summed E-state index contributed by atoms with van der Waals surface area (Å²) >= 11 is 0. The molecular weight excluding hydrogens is 380 g/mol. The van der Waals surface area contributed by atoms with E-state index in [9.17, 15) is 18.0 Å². The molecule has 1 unspecified atom stereocenters. The number of ether oxygens (including phenoxy) is 1. The second-order valence-corrected chi connectivity index (χ2v) is 8.72. The Bertz CT molecular complexity index is 953. The molecule has 0 aliphatic heterocycles. The van der Waals surface area contributed by atoms with Crippen LogP contribution in [0.4, 0.5) is 0 Å². The summed E-state index contributed by atoms with van der Waals surface area (Å²) in [6.45, 7) is 3.75. The first-order valence-corrected chi connectivity index (χ1v) is 10.1. The lowest BCUT2D eigenvalue weighted by Crippen LogP contribution is -2.35. The van der Waals surface area contributed by atoms with Crippen LogP contribution in [0.15, 0.2) is 53.4 Å². The first-order valence-electron chi connectivity index (χ1n) is 8.68. The van der Waals surface area contributed by atoms with Crippen molar-refractivity contribution in [2.45, 2.75) is 31.4 Å². The van der Waals surface area contributed by atoms with Gasteiger partial charge in [0.2, 0.25) is 10.0 Å². The summed E-state index contributed by atoms with van der Waals surface area (Å²) in [7, 11) is -0.867. The van der Waals surface area contributed by atoms with Gasteiger partial charge in [-0.1, -0.05) is 35.9 Å². The number of esters is 1. The molecule has 1 N–H and O–H groups in total. The SMILES string of the molecule is Cc1ccc(CNC(=O)C(C)OC(=O)c2cccc(S(=O)(=O)N(C)C)c2)cc1.